The minimum Gasteiger partial charge on any atom is -0.364 e. The lowest BCUT2D eigenvalue weighted by molar-refractivity contribution is 0.0996. The van der Waals surface area contributed by atoms with Gasteiger partial charge in [-0.05, 0) is 11.9 Å². The second-order valence-electron chi connectivity index (χ2n) is 2.67. The number of anilines is 1. The van der Waals surface area contributed by atoms with Crippen LogP contribution in [0.25, 0.3) is 0 Å². The number of rotatable bonds is 4. The molecule has 0 radical (unpaired) electrons. The van der Waals surface area contributed by atoms with Gasteiger partial charge in [0.25, 0.3) is 5.91 Å². The molecule has 0 unspecified atom stereocenters. The number of nitrogens with two attached hydrogens (primary N) is 1. The molecule has 0 saturated heterocycles. The molecule has 0 aliphatic heterocycles. The van der Waals surface area contributed by atoms with Crippen LogP contribution >= 0.6 is 23.3 Å². The van der Waals surface area contributed by atoms with Gasteiger partial charge in [0.2, 0.25) is 0 Å². The highest BCUT2D eigenvalue weighted by atomic mass is 32.2. The maximum atomic E-state index is 10.7. The Balaban J connectivity index is 2.54. The average molecular weight is 217 g/mol. The summed E-state index contributed by atoms with van der Waals surface area (Å²) in [6, 6.07) is 0. The van der Waals surface area contributed by atoms with E-state index in [1.165, 1.54) is 11.3 Å². The lowest BCUT2D eigenvalue weighted by atomic mass is 10.5. The Morgan fingerprint density at radius 2 is 2.46 bits per heavy atom. The molecule has 0 spiro atoms. The van der Waals surface area contributed by atoms with E-state index >= 15 is 0 Å². The van der Waals surface area contributed by atoms with Gasteiger partial charge in [-0.15, -0.1) is 11.3 Å². The number of aromatic nitrogens is 1. The number of carbonyl (C=O) groups excluding carboxylic acids is 1. The smallest absolute Gasteiger partial charge is 0.268 e. The predicted octanol–water partition coefficient (Wildman–Crippen LogP) is 1.71. The quantitative estimate of drug-likeness (QED) is 0.753. The highest BCUT2D eigenvalue weighted by Crippen LogP contribution is 2.20. The van der Waals surface area contributed by atoms with Gasteiger partial charge in [-0.25, -0.2) is 4.98 Å². The Hall–Kier alpha value is -0.750. The molecule has 0 fully saturated rings. The van der Waals surface area contributed by atoms with Crippen LogP contribution in [0.3, 0.4) is 0 Å². The Labute approximate surface area is 85.1 Å². The molecule has 0 aromatic carbocycles. The molecule has 0 bridgehead atoms. The van der Waals surface area contributed by atoms with Crippen molar-refractivity contribution in [2.24, 2.45) is 5.73 Å². The van der Waals surface area contributed by atoms with Crippen molar-refractivity contribution in [2.75, 3.05) is 4.72 Å². The van der Waals surface area contributed by atoms with Crippen LogP contribution in [0.15, 0.2) is 5.38 Å². The van der Waals surface area contributed by atoms with E-state index < -0.39 is 5.91 Å². The molecular weight excluding hydrogens is 206 g/mol. The fourth-order valence-electron chi connectivity index (χ4n) is 0.602. The normalized spacial score (nSPS) is 10.4. The molecule has 0 aliphatic carbocycles. The summed E-state index contributed by atoms with van der Waals surface area (Å²) < 4.78 is 3.04. The largest absolute Gasteiger partial charge is 0.364 e. The van der Waals surface area contributed by atoms with Gasteiger partial charge in [0.05, 0.1) is 0 Å². The van der Waals surface area contributed by atoms with Gasteiger partial charge in [-0.2, -0.15) is 0 Å². The van der Waals surface area contributed by atoms with E-state index in [0.717, 1.165) is 0 Å². The zero-order chi connectivity index (χ0) is 9.84. The van der Waals surface area contributed by atoms with Crippen LogP contribution in [-0.2, 0) is 0 Å². The SMILES string of the molecule is CC(C)SNc1nc(C(N)=O)cs1. The number of hydrogen-bond acceptors (Lipinski definition) is 5. The molecule has 0 saturated carbocycles. The van der Waals surface area contributed by atoms with Crippen LogP contribution in [0.1, 0.15) is 24.3 Å². The maximum Gasteiger partial charge on any atom is 0.268 e. The number of hydrogen-bond donors (Lipinski definition) is 2. The third-order valence-corrected chi connectivity index (χ3v) is 2.81. The first-order chi connectivity index (χ1) is 6.09. The molecule has 1 aromatic rings. The van der Waals surface area contributed by atoms with Crippen LogP contribution in [0.5, 0.6) is 0 Å². The monoisotopic (exact) mass is 217 g/mol. The summed E-state index contributed by atoms with van der Waals surface area (Å²) in [6.07, 6.45) is 0. The van der Waals surface area contributed by atoms with Crippen molar-refractivity contribution in [3.63, 3.8) is 0 Å². The van der Waals surface area contributed by atoms with Gasteiger partial charge in [-0.3, -0.25) is 4.79 Å². The Morgan fingerprint density at radius 3 is 2.92 bits per heavy atom. The van der Waals surface area contributed by atoms with Crippen LogP contribution < -0.4 is 10.5 Å². The first-order valence-corrected chi connectivity index (χ1v) is 5.52. The van der Waals surface area contributed by atoms with Crippen molar-refractivity contribution < 1.29 is 4.79 Å². The summed E-state index contributed by atoms with van der Waals surface area (Å²) in [6.45, 7) is 4.14. The van der Waals surface area contributed by atoms with Crippen molar-refractivity contribution in [3.05, 3.63) is 11.1 Å². The standard InChI is InChI=1S/C7H11N3OS2/c1-4(2)13-10-7-9-5(3-12-7)6(8)11/h3-4H,1-2H3,(H2,8,11)(H,9,10). The molecule has 3 N–H and O–H groups in total. The first-order valence-electron chi connectivity index (χ1n) is 3.76. The number of primary amides is 1. The molecule has 13 heavy (non-hydrogen) atoms. The topological polar surface area (TPSA) is 68.0 Å². The highest BCUT2D eigenvalue weighted by Gasteiger charge is 2.06. The van der Waals surface area contributed by atoms with E-state index in [1.807, 2.05) is 0 Å². The number of thiazole rings is 1. The van der Waals surface area contributed by atoms with Gasteiger partial charge >= 0.3 is 0 Å². The molecule has 1 heterocycles. The van der Waals surface area contributed by atoms with E-state index in [2.05, 4.69) is 23.6 Å². The van der Waals surface area contributed by atoms with Gasteiger partial charge in [0.15, 0.2) is 5.13 Å². The Kier molecular flexibility index (Phi) is 3.56. The molecule has 1 rings (SSSR count). The van der Waals surface area contributed by atoms with E-state index in [4.69, 9.17) is 5.73 Å². The predicted molar refractivity (Wildman–Crippen MR) is 57.0 cm³/mol. The summed E-state index contributed by atoms with van der Waals surface area (Å²) in [5, 5.41) is 2.83. The summed E-state index contributed by atoms with van der Waals surface area (Å²) in [4.78, 5) is 14.7. The van der Waals surface area contributed by atoms with E-state index in [1.54, 1.807) is 17.3 Å². The third-order valence-electron chi connectivity index (χ3n) is 1.14. The van der Waals surface area contributed by atoms with Crippen LogP contribution in [-0.4, -0.2) is 16.1 Å². The second kappa shape index (κ2) is 4.48. The summed E-state index contributed by atoms with van der Waals surface area (Å²) in [5.74, 6) is -0.487. The van der Waals surface area contributed by atoms with Crippen molar-refractivity contribution in [1.82, 2.24) is 4.98 Å². The number of nitrogens with one attached hydrogen (secondary N) is 1. The minimum absolute atomic E-state index is 0.317. The molecule has 1 amide bonds. The molecule has 0 aliphatic rings. The number of amides is 1. The molecule has 72 valence electrons. The Bertz CT molecular complexity index is 298. The fraction of sp³-hybridized carbons (Fsp3) is 0.429. The third kappa shape index (κ3) is 3.23. The van der Waals surface area contributed by atoms with Crippen molar-refractivity contribution in [1.29, 1.82) is 0 Å². The molecular formula is C7H11N3OS2. The number of carbonyl (C=O) groups is 1. The zero-order valence-electron chi connectivity index (χ0n) is 7.40. The zero-order valence-corrected chi connectivity index (χ0v) is 9.04. The number of nitrogens with zero attached hydrogens (tertiary/aromatic N) is 1. The molecule has 0 atom stereocenters. The van der Waals surface area contributed by atoms with Crippen LogP contribution in [0, 0.1) is 0 Å². The van der Waals surface area contributed by atoms with Gasteiger partial charge < -0.3 is 10.5 Å². The van der Waals surface area contributed by atoms with Crippen LogP contribution in [0.4, 0.5) is 5.13 Å². The highest BCUT2D eigenvalue weighted by molar-refractivity contribution is 8.01. The fourth-order valence-corrected chi connectivity index (χ4v) is 1.86. The molecule has 6 heteroatoms. The second-order valence-corrected chi connectivity index (χ2v) is 4.91. The van der Waals surface area contributed by atoms with Crippen LogP contribution in [0.2, 0.25) is 0 Å². The average Bonchev–Trinajstić information content (AvgIpc) is 2.48. The van der Waals surface area contributed by atoms with Crippen molar-refractivity contribution >= 4 is 34.3 Å². The van der Waals surface area contributed by atoms with E-state index in [0.29, 0.717) is 16.1 Å². The molecule has 1 aromatic heterocycles. The van der Waals surface area contributed by atoms with Gasteiger partial charge in [0.1, 0.15) is 5.69 Å². The summed E-state index contributed by atoms with van der Waals surface area (Å²) in [7, 11) is 0. The lowest BCUT2D eigenvalue weighted by Gasteiger charge is -2.02. The van der Waals surface area contributed by atoms with Gasteiger partial charge in [-0.1, -0.05) is 13.8 Å². The maximum absolute atomic E-state index is 10.7. The van der Waals surface area contributed by atoms with Crippen molar-refractivity contribution in [2.45, 2.75) is 19.1 Å². The molecule has 4 nitrogen and oxygen atoms in total. The minimum atomic E-state index is -0.487. The lowest BCUT2D eigenvalue weighted by Crippen LogP contribution is -2.11. The van der Waals surface area contributed by atoms with E-state index in [-0.39, 0.29) is 0 Å². The van der Waals surface area contributed by atoms with Gasteiger partial charge in [0, 0.05) is 10.6 Å². The summed E-state index contributed by atoms with van der Waals surface area (Å²) >= 11 is 2.93. The first kappa shape index (κ1) is 10.3. The van der Waals surface area contributed by atoms with E-state index in [9.17, 15) is 4.79 Å². The van der Waals surface area contributed by atoms with Crippen molar-refractivity contribution in [3.8, 4) is 0 Å². The Morgan fingerprint density at radius 1 is 1.77 bits per heavy atom. The summed E-state index contributed by atoms with van der Waals surface area (Å²) in [5.41, 5.74) is 5.37.